The third-order valence-corrected chi connectivity index (χ3v) is 4.70. The standard InChI is InChI=1S/C15H26N2O3/c1-14(2,3)20-13(18)17-11-5-6-12(17)15(9-11)10-16(4)7-8-19-15/h11-12H,5-10H2,1-4H3. The van der Waals surface area contributed by atoms with Crippen molar-refractivity contribution in [3.05, 3.63) is 0 Å². The van der Waals surface area contributed by atoms with Crippen LogP contribution in [0.1, 0.15) is 40.0 Å². The molecule has 0 aromatic rings. The predicted octanol–water partition coefficient (Wildman–Crippen LogP) is 1.86. The summed E-state index contributed by atoms with van der Waals surface area (Å²) in [5.41, 5.74) is -0.594. The predicted molar refractivity (Wildman–Crippen MR) is 75.7 cm³/mol. The molecule has 3 rings (SSSR count). The van der Waals surface area contributed by atoms with Gasteiger partial charge in [-0.15, -0.1) is 0 Å². The molecular formula is C15H26N2O3. The van der Waals surface area contributed by atoms with Gasteiger partial charge in [0.05, 0.1) is 12.6 Å². The molecule has 1 amide bonds. The van der Waals surface area contributed by atoms with Gasteiger partial charge in [0.2, 0.25) is 0 Å². The van der Waals surface area contributed by atoms with Crippen LogP contribution in [-0.2, 0) is 9.47 Å². The van der Waals surface area contributed by atoms with Crippen molar-refractivity contribution in [3.8, 4) is 0 Å². The second-order valence-corrected chi connectivity index (χ2v) is 7.49. The fourth-order valence-electron chi connectivity index (χ4n) is 4.04. The van der Waals surface area contributed by atoms with Gasteiger partial charge in [0.15, 0.2) is 0 Å². The number of rotatable bonds is 0. The quantitative estimate of drug-likeness (QED) is 0.680. The zero-order valence-electron chi connectivity index (χ0n) is 13.0. The van der Waals surface area contributed by atoms with Crippen LogP contribution in [-0.4, -0.2) is 65.9 Å². The van der Waals surface area contributed by atoms with Crippen LogP contribution in [0.15, 0.2) is 0 Å². The topological polar surface area (TPSA) is 42.0 Å². The molecule has 0 aromatic heterocycles. The van der Waals surface area contributed by atoms with Gasteiger partial charge in [-0.3, -0.25) is 4.90 Å². The number of likely N-dealkylation sites (N-methyl/N-ethyl adjacent to an activating group) is 1. The molecule has 0 aliphatic carbocycles. The van der Waals surface area contributed by atoms with Gasteiger partial charge in [-0.25, -0.2) is 4.79 Å². The fourth-order valence-corrected chi connectivity index (χ4v) is 4.04. The van der Waals surface area contributed by atoms with E-state index in [0.717, 1.165) is 39.0 Å². The van der Waals surface area contributed by atoms with E-state index in [1.165, 1.54) is 0 Å². The largest absolute Gasteiger partial charge is 0.444 e. The van der Waals surface area contributed by atoms with E-state index in [1.54, 1.807) is 0 Å². The van der Waals surface area contributed by atoms with Crippen molar-refractivity contribution in [1.29, 1.82) is 0 Å². The van der Waals surface area contributed by atoms with Crippen LogP contribution < -0.4 is 0 Å². The van der Waals surface area contributed by atoms with Gasteiger partial charge in [-0.1, -0.05) is 0 Å². The summed E-state index contributed by atoms with van der Waals surface area (Å²) >= 11 is 0. The second-order valence-electron chi connectivity index (χ2n) is 7.49. The molecular weight excluding hydrogens is 256 g/mol. The summed E-state index contributed by atoms with van der Waals surface area (Å²) in [6, 6.07) is 0.478. The summed E-state index contributed by atoms with van der Waals surface area (Å²) in [4.78, 5) is 16.7. The Balaban J connectivity index is 1.77. The molecule has 3 unspecified atom stereocenters. The molecule has 1 spiro atoms. The average Bonchev–Trinajstić information content (AvgIpc) is 2.81. The van der Waals surface area contributed by atoms with Gasteiger partial charge in [0.25, 0.3) is 0 Å². The first-order chi connectivity index (χ1) is 9.31. The lowest BCUT2D eigenvalue weighted by atomic mass is 9.83. The van der Waals surface area contributed by atoms with Gasteiger partial charge >= 0.3 is 6.09 Å². The highest BCUT2D eigenvalue weighted by Gasteiger charge is 2.60. The lowest BCUT2D eigenvalue weighted by Gasteiger charge is -2.43. The van der Waals surface area contributed by atoms with Crippen LogP contribution in [0.25, 0.3) is 0 Å². The van der Waals surface area contributed by atoms with Crippen LogP contribution in [0.3, 0.4) is 0 Å². The molecule has 5 heteroatoms. The number of morpholine rings is 1. The highest BCUT2D eigenvalue weighted by atomic mass is 16.6. The van der Waals surface area contributed by atoms with E-state index in [0.29, 0.717) is 6.04 Å². The highest BCUT2D eigenvalue weighted by Crippen LogP contribution is 2.48. The van der Waals surface area contributed by atoms with E-state index in [-0.39, 0.29) is 17.7 Å². The summed E-state index contributed by atoms with van der Waals surface area (Å²) in [6.45, 7) is 8.43. The molecule has 3 saturated heterocycles. The van der Waals surface area contributed by atoms with Crippen LogP contribution in [0, 0.1) is 0 Å². The van der Waals surface area contributed by atoms with Crippen molar-refractivity contribution in [2.75, 3.05) is 26.7 Å². The Morgan fingerprint density at radius 1 is 1.35 bits per heavy atom. The lowest BCUT2D eigenvalue weighted by Crippen LogP contribution is -2.57. The van der Waals surface area contributed by atoms with Crippen LogP contribution in [0.2, 0.25) is 0 Å². The number of amides is 1. The molecule has 114 valence electrons. The van der Waals surface area contributed by atoms with Crippen LogP contribution in [0.4, 0.5) is 4.79 Å². The fraction of sp³-hybridized carbons (Fsp3) is 0.933. The Morgan fingerprint density at radius 2 is 2.10 bits per heavy atom. The van der Waals surface area contributed by atoms with E-state index in [4.69, 9.17) is 9.47 Å². The number of carbonyl (C=O) groups is 1. The van der Waals surface area contributed by atoms with Gasteiger partial charge in [-0.05, 0) is 40.7 Å². The van der Waals surface area contributed by atoms with E-state index in [2.05, 4.69) is 11.9 Å². The second kappa shape index (κ2) is 4.60. The van der Waals surface area contributed by atoms with Crippen LogP contribution >= 0.6 is 0 Å². The van der Waals surface area contributed by atoms with E-state index < -0.39 is 5.60 Å². The minimum Gasteiger partial charge on any atom is -0.444 e. The number of hydrogen-bond acceptors (Lipinski definition) is 4. The Labute approximate surface area is 121 Å². The Morgan fingerprint density at radius 3 is 2.75 bits per heavy atom. The maximum absolute atomic E-state index is 12.5. The summed E-state index contributed by atoms with van der Waals surface area (Å²) in [7, 11) is 2.13. The molecule has 3 atom stereocenters. The number of hydrogen-bond donors (Lipinski definition) is 0. The summed E-state index contributed by atoms with van der Waals surface area (Å²) < 4.78 is 11.7. The molecule has 20 heavy (non-hydrogen) atoms. The number of fused-ring (bicyclic) bond motifs is 3. The Kier molecular flexibility index (Phi) is 3.25. The molecule has 0 N–H and O–H groups in total. The highest BCUT2D eigenvalue weighted by molar-refractivity contribution is 5.70. The van der Waals surface area contributed by atoms with Crippen molar-refractivity contribution >= 4 is 6.09 Å². The molecule has 0 radical (unpaired) electrons. The molecule has 0 aromatic carbocycles. The molecule has 3 aliphatic heterocycles. The van der Waals surface area contributed by atoms with Gasteiger partial charge in [0, 0.05) is 25.6 Å². The first-order valence-corrected chi connectivity index (χ1v) is 7.65. The normalized spacial score (nSPS) is 37.7. The molecule has 3 aliphatic rings. The summed E-state index contributed by atoms with van der Waals surface area (Å²) in [5.74, 6) is 0. The minimum absolute atomic E-state index is 0.160. The SMILES string of the molecule is CN1CCOC2(CC3CCC2N3C(=O)OC(C)(C)C)C1. The zero-order valence-corrected chi connectivity index (χ0v) is 13.0. The minimum atomic E-state index is -0.434. The maximum Gasteiger partial charge on any atom is 0.410 e. The Bertz CT molecular complexity index is 406. The van der Waals surface area contributed by atoms with E-state index in [9.17, 15) is 4.79 Å². The number of ether oxygens (including phenoxy) is 2. The van der Waals surface area contributed by atoms with Crippen molar-refractivity contribution < 1.29 is 14.3 Å². The summed E-state index contributed by atoms with van der Waals surface area (Å²) in [5, 5.41) is 0. The molecule has 2 bridgehead atoms. The van der Waals surface area contributed by atoms with Crippen molar-refractivity contribution in [1.82, 2.24) is 9.80 Å². The third-order valence-electron chi connectivity index (χ3n) is 4.70. The third kappa shape index (κ3) is 2.31. The monoisotopic (exact) mass is 282 g/mol. The van der Waals surface area contributed by atoms with Gasteiger partial charge in [-0.2, -0.15) is 0 Å². The molecule has 3 heterocycles. The smallest absolute Gasteiger partial charge is 0.410 e. The first-order valence-electron chi connectivity index (χ1n) is 7.65. The summed E-state index contributed by atoms with van der Waals surface area (Å²) in [6.07, 6.45) is 2.91. The maximum atomic E-state index is 12.5. The van der Waals surface area contributed by atoms with E-state index >= 15 is 0 Å². The molecule has 5 nitrogen and oxygen atoms in total. The van der Waals surface area contributed by atoms with Crippen molar-refractivity contribution in [2.45, 2.75) is 63.3 Å². The number of carbonyl (C=O) groups excluding carboxylic acids is 1. The zero-order chi connectivity index (χ0) is 14.5. The average molecular weight is 282 g/mol. The number of nitrogens with zero attached hydrogens (tertiary/aromatic N) is 2. The van der Waals surface area contributed by atoms with Crippen molar-refractivity contribution in [3.63, 3.8) is 0 Å². The van der Waals surface area contributed by atoms with E-state index in [1.807, 2.05) is 25.7 Å². The van der Waals surface area contributed by atoms with Gasteiger partial charge < -0.3 is 14.4 Å². The van der Waals surface area contributed by atoms with Gasteiger partial charge in [0.1, 0.15) is 11.2 Å². The first kappa shape index (κ1) is 14.1. The van der Waals surface area contributed by atoms with Crippen LogP contribution in [0.5, 0.6) is 0 Å². The van der Waals surface area contributed by atoms with Crippen molar-refractivity contribution in [2.24, 2.45) is 0 Å². The Hall–Kier alpha value is -0.810. The molecule has 3 fully saturated rings. The molecule has 0 saturated carbocycles. The lowest BCUT2D eigenvalue weighted by molar-refractivity contribution is -0.121.